The minimum atomic E-state index is -0.315. The molecule has 1 aliphatic heterocycles. The fourth-order valence-electron chi connectivity index (χ4n) is 3.80. The van der Waals surface area contributed by atoms with E-state index in [0.29, 0.717) is 48.6 Å². The highest BCUT2D eigenvalue weighted by molar-refractivity contribution is 7.98. The van der Waals surface area contributed by atoms with Gasteiger partial charge in [-0.3, -0.25) is 14.3 Å². The molecule has 0 saturated carbocycles. The maximum absolute atomic E-state index is 13.6. The van der Waals surface area contributed by atoms with Crippen LogP contribution >= 0.6 is 11.8 Å². The van der Waals surface area contributed by atoms with Crippen molar-refractivity contribution >= 4 is 17.7 Å². The predicted octanol–water partition coefficient (Wildman–Crippen LogP) is 4.23. The Bertz CT molecular complexity index is 1270. The van der Waals surface area contributed by atoms with Gasteiger partial charge in [0, 0.05) is 48.1 Å². The molecule has 0 spiro atoms. The van der Waals surface area contributed by atoms with Crippen LogP contribution in [-0.2, 0) is 10.5 Å². The summed E-state index contributed by atoms with van der Waals surface area (Å²) >= 11 is 1.47. The molecule has 0 N–H and O–H groups in total. The number of pyridine rings is 1. The summed E-state index contributed by atoms with van der Waals surface area (Å²) in [5, 5.41) is 9.45. The lowest BCUT2D eigenvalue weighted by Crippen LogP contribution is -2.41. The van der Waals surface area contributed by atoms with E-state index in [1.54, 1.807) is 24.5 Å². The van der Waals surface area contributed by atoms with E-state index in [2.05, 4.69) is 15.2 Å². The Morgan fingerprint density at radius 3 is 2.56 bits per heavy atom. The molecule has 2 aromatic carbocycles. The van der Waals surface area contributed by atoms with Gasteiger partial charge in [-0.1, -0.05) is 30.0 Å². The Balaban J connectivity index is 1.45. The Morgan fingerprint density at radius 1 is 1.00 bits per heavy atom. The second-order valence-corrected chi connectivity index (χ2v) is 8.65. The number of carbonyl (C=O) groups is 1. The molecular weight excluding hydrogens is 453 g/mol. The number of thioether (sulfide) groups is 1. The third kappa shape index (κ3) is 4.71. The van der Waals surface area contributed by atoms with Crippen LogP contribution in [0.25, 0.3) is 17.1 Å². The molecule has 0 bridgehead atoms. The van der Waals surface area contributed by atoms with Gasteiger partial charge in [-0.05, 0) is 48.0 Å². The summed E-state index contributed by atoms with van der Waals surface area (Å²) in [5.41, 5.74) is 3.14. The lowest BCUT2D eigenvalue weighted by molar-refractivity contribution is 0.0302. The van der Waals surface area contributed by atoms with Crippen molar-refractivity contribution in [1.82, 2.24) is 24.6 Å². The molecule has 1 aliphatic rings. The number of hydrogen-bond acceptors (Lipinski definition) is 6. The van der Waals surface area contributed by atoms with E-state index in [1.165, 1.54) is 23.9 Å². The van der Waals surface area contributed by atoms with Crippen LogP contribution < -0.4 is 0 Å². The van der Waals surface area contributed by atoms with Gasteiger partial charge in [0.05, 0.1) is 13.2 Å². The van der Waals surface area contributed by atoms with Crippen molar-refractivity contribution in [3.05, 3.63) is 90.0 Å². The molecule has 5 rings (SSSR count). The second kappa shape index (κ2) is 10.1. The van der Waals surface area contributed by atoms with Crippen LogP contribution in [0.1, 0.15) is 15.9 Å². The molecule has 0 atom stereocenters. The lowest BCUT2D eigenvalue weighted by atomic mass is 10.1. The highest BCUT2D eigenvalue weighted by Crippen LogP contribution is 2.30. The lowest BCUT2D eigenvalue weighted by Gasteiger charge is -2.27. The number of benzene rings is 2. The van der Waals surface area contributed by atoms with Gasteiger partial charge in [-0.15, -0.1) is 10.2 Å². The van der Waals surface area contributed by atoms with Crippen LogP contribution in [0.15, 0.2) is 78.2 Å². The Morgan fingerprint density at radius 2 is 1.79 bits per heavy atom. The highest BCUT2D eigenvalue weighted by Gasteiger charge is 2.22. The molecule has 3 heterocycles. The van der Waals surface area contributed by atoms with Crippen LogP contribution in [0, 0.1) is 5.82 Å². The summed E-state index contributed by atoms with van der Waals surface area (Å²) in [5.74, 6) is 0.832. The first-order valence-electron chi connectivity index (χ1n) is 10.9. The number of morpholine rings is 1. The van der Waals surface area contributed by atoms with Crippen molar-refractivity contribution in [3.8, 4) is 17.1 Å². The fourth-order valence-corrected chi connectivity index (χ4v) is 4.76. The number of ether oxygens (including phenoxy) is 1. The third-order valence-electron chi connectivity index (χ3n) is 5.54. The minimum Gasteiger partial charge on any atom is -0.378 e. The molecule has 0 aliphatic carbocycles. The van der Waals surface area contributed by atoms with Gasteiger partial charge in [0.1, 0.15) is 5.82 Å². The van der Waals surface area contributed by atoms with E-state index in [-0.39, 0.29) is 11.7 Å². The van der Waals surface area contributed by atoms with Gasteiger partial charge in [-0.2, -0.15) is 0 Å². The molecule has 1 amide bonds. The zero-order valence-electron chi connectivity index (χ0n) is 18.3. The van der Waals surface area contributed by atoms with Crippen molar-refractivity contribution < 1.29 is 13.9 Å². The summed E-state index contributed by atoms with van der Waals surface area (Å²) in [6.07, 6.45) is 3.41. The molecule has 0 radical (unpaired) electrons. The van der Waals surface area contributed by atoms with E-state index in [9.17, 15) is 9.18 Å². The average molecular weight is 476 g/mol. The molecule has 0 unspecified atom stereocenters. The highest BCUT2D eigenvalue weighted by atomic mass is 32.2. The van der Waals surface area contributed by atoms with Crippen molar-refractivity contribution in [1.29, 1.82) is 0 Å². The normalized spacial score (nSPS) is 13.7. The zero-order valence-corrected chi connectivity index (χ0v) is 19.1. The van der Waals surface area contributed by atoms with Gasteiger partial charge in [-0.25, -0.2) is 4.39 Å². The molecule has 1 fully saturated rings. The first-order chi connectivity index (χ1) is 16.7. The van der Waals surface area contributed by atoms with E-state index in [0.717, 1.165) is 16.8 Å². The Kier molecular flexibility index (Phi) is 6.64. The minimum absolute atomic E-state index is 0.00977. The molecule has 34 heavy (non-hydrogen) atoms. The number of nitrogens with zero attached hydrogens (tertiary/aromatic N) is 5. The van der Waals surface area contributed by atoms with Crippen molar-refractivity contribution in [2.75, 3.05) is 26.3 Å². The summed E-state index contributed by atoms with van der Waals surface area (Å²) in [7, 11) is 0. The number of halogens is 1. The summed E-state index contributed by atoms with van der Waals surface area (Å²) < 4.78 is 20.9. The molecule has 2 aromatic heterocycles. The van der Waals surface area contributed by atoms with Gasteiger partial charge >= 0.3 is 0 Å². The average Bonchev–Trinajstić information content (AvgIpc) is 3.32. The van der Waals surface area contributed by atoms with Crippen molar-refractivity contribution in [2.24, 2.45) is 0 Å². The van der Waals surface area contributed by atoms with Crippen LogP contribution in [0.2, 0.25) is 0 Å². The molecule has 9 heteroatoms. The summed E-state index contributed by atoms with van der Waals surface area (Å²) in [6.45, 7) is 2.29. The number of amides is 1. The van der Waals surface area contributed by atoms with Crippen LogP contribution in [-0.4, -0.2) is 56.9 Å². The molecule has 4 aromatic rings. The maximum atomic E-state index is 13.6. The first kappa shape index (κ1) is 22.2. The first-order valence-corrected chi connectivity index (χ1v) is 11.9. The quantitative estimate of drug-likeness (QED) is 0.389. The largest absolute Gasteiger partial charge is 0.378 e. The van der Waals surface area contributed by atoms with Crippen LogP contribution in [0.5, 0.6) is 0 Å². The van der Waals surface area contributed by atoms with Gasteiger partial charge in [0.2, 0.25) is 0 Å². The van der Waals surface area contributed by atoms with E-state index >= 15 is 0 Å². The topological polar surface area (TPSA) is 73.1 Å². The van der Waals surface area contributed by atoms with Crippen LogP contribution in [0.3, 0.4) is 0 Å². The monoisotopic (exact) mass is 475 g/mol. The Hall–Kier alpha value is -3.56. The Labute approximate surface area is 200 Å². The van der Waals surface area contributed by atoms with Gasteiger partial charge in [0.15, 0.2) is 11.0 Å². The van der Waals surface area contributed by atoms with E-state index in [4.69, 9.17) is 4.74 Å². The van der Waals surface area contributed by atoms with Gasteiger partial charge < -0.3 is 9.64 Å². The van der Waals surface area contributed by atoms with Crippen molar-refractivity contribution in [3.63, 3.8) is 0 Å². The maximum Gasteiger partial charge on any atom is 0.254 e. The summed E-state index contributed by atoms with van der Waals surface area (Å²) in [4.78, 5) is 19.1. The number of rotatable bonds is 6. The summed E-state index contributed by atoms with van der Waals surface area (Å²) in [6, 6.07) is 17.6. The zero-order chi connectivity index (χ0) is 23.3. The fraction of sp³-hybridized carbons (Fsp3) is 0.200. The molecule has 1 saturated heterocycles. The SMILES string of the molecule is O=C(c1ccccc1CSc1nnc(-c2cccnc2)n1-c1ccc(F)cc1)N1CCOCC1. The third-order valence-corrected chi connectivity index (χ3v) is 6.52. The standard InChI is InChI=1S/C25H22FN5O2S/c26-20-7-9-21(10-8-20)31-23(18-5-3-11-27-16-18)28-29-25(31)34-17-19-4-1-2-6-22(19)24(32)30-12-14-33-15-13-30/h1-11,16H,12-15,17H2. The van der Waals surface area contributed by atoms with Crippen molar-refractivity contribution in [2.45, 2.75) is 10.9 Å². The van der Waals surface area contributed by atoms with Crippen LogP contribution in [0.4, 0.5) is 4.39 Å². The van der Waals surface area contributed by atoms with E-state index < -0.39 is 0 Å². The van der Waals surface area contributed by atoms with Gasteiger partial charge in [0.25, 0.3) is 5.91 Å². The molecule has 7 nitrogen and oxygen atoms in total. The molecular formula is C25H22FN5O2S. The van der Waals surface area contributed by atoms with E-state index in [1.807, 2.05) is 45.9 Å². The molecule has 172 valence electrons. The number of aromatic nitrogens is 4. The predicted molar refractivity (Wildman–Crippen MR) is 127 cm³/mol. The number of hydrogen-bond donors (Lipinski definition) is 0. The second-order valence-electron chi connectivity index (χ2n) is 7.71. The smallest absolute Gasteiger partial charge is 0.254 e. The number of carbonyl (C=O) groups excluding carboxylic acids is 1.